The number of aromatic nitrogens is 4. The van der Waals surface area contributed by atoms with E-state index in [0.717, 1.165) is 11.3 Å². The van der Waals surface area contributed by atoms with Gasteiger partial charge in [0.15, 0.2) is 6.29 Å². The smallest absolute Gasteiger partial charge is 0.267 e. The molecule has 1 aliphatic heterocycles. The van der Waals surface area contributed by atoms with Crippen LogP contribution in [0.15, 0.2) is 18.2 Å². The van der Waals surface area contributed by atoms with Crippen molar-refractivity contribution in [2.24, 2.45) is 0 Å². The monoisotopic (exact) mass is 263 g/mol. The van der Waals surface area contributed by atoms with Gasteiger partial charge in [-0.15, -0.1) is 5.10 Å². The van der Waals surface area contributed by atoms with E-state index in [4.69, 9.17) is 14.2 Å². The molecule has 0 amide bonds. The number of H-pyrrole nitrogens is 1. The molecule has 100 valence electrons. The van der Waals surface area contributed by atoms with Crippen LogP contribution in [0.4, 0.5) is 11.6 Å². The zero-order valence-corrected chi connectivity index (χ0v) is 10.3. The lowest BCUT2D eigenvalue weighted by Crippen LogP contribution is -2.03. The summed E-state index contributed by atoms with van der Waals surface area (Å²) in [5.74, 6) is 1.11. The number of ether oxygens (including phenoxy) is 3. The first-order valence-corrected chi connectivity index (χ1v) is 5.78. The van der Waals surface area contributed by atoms with Crippen LogP contribution >= 0.6 is 0 Å². The molecule has 1 fully saturated rings. The van der Waals surface area contributed by atoms with Crippen LogP contribution in [0.5, 0.6) is 5.75 Å². The Labute approximate surface area is 109 Å². The number of methoxy groups -OCH3 is 1. The fourth-order valence-corrected chi connectivity index (χ4v) is 1.88. The fraction of sp³-hybridized carbons (Fsp3) is 0.364. The zero-order chi connectivity index (χ0) is 13.1. The molecule has 0 saturated carbocycles. The molecular formula is C11H13N5O3. The van der Waals surface area contributed by atoms with Crippen LogP contribution in [-0.2, 0) is 9.47 Å². The van der Waals surface area contributed by atoms with Crippen LogP contribution in [0.3, 0.4) is 0 Å². The second kappa shape index (κ2) is 5.21. The number of aromatic amines is 1. The molecule has 0 unspecified atom stereocenters. The molecule has 0 atom stereocenters. The second-order valence-corrected chi connectivity index (χ2v) is 3.89. The minimum Gasteiger partial charge on any atom is -0.496 e. The minimum atomic E-state index is -0.401. The van der Waals surface area contributed by atoms with Crippen molar-refractivity contribution in [3.63, 3.8) is 0 Å². The summed E-state index contributed by atoms with van der Waals surface area (Å²) >= 11 is 0. The number of hydrogen-bond acceptors (Lipinski definition) is 7. The molecular weight excluding hydrogens is 250 g/mol. The first-order valence-electron chi connectivity index (χ1n) is 5.78. The van der Waals surface area contributed by atoms with Crippen molar-refractivity contribution in [1.82, 2.24) is 20.6 Å². The van der Waals surface area contributed by atoms with Crippen molar-refractivity contribution in [1.29, 1.82) is 0 Å². The average Bonchev–Trinajstić information content (AvgIpc) is 3.11. The number of nitrogens with one attached hydrogen (secondary N) is 2. The molecule has 8 heteroatoms. The molecule has 1 saturated heterocycles. The van der Waals surface area contributed by atoms with Crippen molar-refractivity contribution < 1.29 is 14.2 Å². The molecule has 0 aliphatic carbocycles. The van der Waals surface area contributed by atoms with Gasteiger partial charge < -0.3 is 19.5 Å². The maximum Gasteiger partial charge on any atom is 0.267 e. The van der Waals surface area contributed by atoms with Gasteiger partial charge in [-0.25, -0.2) is 0 Å². The molecule has 0 bridgehead atoms. The van der Waals surface area contributed by atoms with Crippen LogP contribution < -0.4 is 10.1 Å². The van der Waals surface area contributed by atoms with Crippen LogP contribution in [0, 0.1) is 0 Å². The van der Waals surface area contributed by atoms with Gasteiger partial charge in [0.25, 0.3) is 5.95 Å². The summed E-state index contributed by atoms with van der Waals surface area (Å²) in [5, 5.41) is 16.5. The van der Waals surface area contributed by atoms with E-state index in [1.165, 1.54) is 0 Å². The normalized spacial score (nSPS) is 15.6. The summed E-state index contributed by atoms with van der Waals surface area (Å²) in [7, 11) is 1.61. The molecule has 8 nitrogen and oxygen atoms in total. The Hall–Kier alpha value is -2.19. The summed E-state index contributed by atoms with van der Waals surface area (Å²) < 4.78 is 16.3. The highest BCUT2D eigenvalue weighted by atomic mass is 16.7. The van der Waals surface area contributed by atoms with Crippen LogP contribution in [0.1, 0.15) is 11.9 Å². The van der Waals surface area contributed by atoms with Gasteiger partial charge in [-0.2, -0.15) is 5.21 Å². The maximum atomic E-state index is 5.49. The Morgan fingerprint density at radius 2 is 2.21 bits per heavy atom. The lowest BCUT2D eigenvalue weighted by atomic mass is 10.1. The van der Waals surface area contributed by atoms with Gasteiger partial charge in [0.05, 0.1) is 25.9 Å². The zero-order valence-electron chi connectivity index (χ0n) is 10.3. The van der Waals surface area contributed by atoms with Gasteiger partial charge in [-0.3, -0.25) is 0 Å². The average molecular weight is 263 g/mol. The van der Waals surface area contributed by atoms with Crippen molar-refractivity contribution in [3.8, 4) is 5.75 Å². The van der Waals surface area contributed by atoms with E-state index in [-0.39, 0.29) is 0 Å². The Kier molecular flexibility index (Phi) is 3.25. The molecule has 1 aromatic carbocycles. The van der Waals surface area contributed by atoms with Gasteiger partial charge in [0.1, 0.15) is 5.75 Å². The minimum absolute atomic E-state index is 0.393. The molecule has 1 aliphatic rings. The number of benzene rings is 1. The molecule has 2 aromatic rings. The summed E-state index contributed by atoms with van der Waals surface area (Å²) in [4.78, 5) is 0. The largest absolute Gasteiger partial charge is 0.496 e. The van der Waals surface area contributed by atoms with Gasteiger partial charge in [-0.1, -0.05) is 5.10 Å². The third kappa shape index (κ3) is 2.49. The van der Waals surface area contributed by atoms with Crippen LogP contribution in [0.25, 0.3) is 0 Å². The van der Waals surface area contributed by atoms with E-state index < -0.39 is 6.29 Å². The summed E-state index contributed by atoms with van der Waals surface area (Å²) in [5.41, 5.74) is 1.63. The number of hydrogen-bond donors (Lipinski definition) is 2. The highest BCUT2D eigenvalue weighted by Gasteiger charge is 2.22. The first-order chi connectivity index (χ1) is 9.36. The van der Waals surface area contributed by atoms with E-state index in [0.29, 0.717) is 24.9 Å². The quantitative estimate of drug-likeness (QED) is 0.849. The Bertz CT molecular complexity index is 539. The van der Waals surface area contributed by atoms with E-state index in [1.54, 1.807) is 7.11 Å². The summed E-state index contributed by atoms with van der Waals surface area (Å²) in [6, 6.07) is 5.57. The molecule has 2 N–H and O–H groups in total. The molecule has 2 heterocycles. The van der Waals surface area contributed by atoms with E-state index >= 15 is 0 Å². The van der Waals surface area contributed by atoms with Crippen LogP contribution in [0.2, 0.25) is 0 Å². The topological polar surface area (TPSA) is 94.2 Å². The van der Waals surface area contributed by atoms with Gasteiger partial charge in [0, 0.05) is 5.69 Å². The number of tetrazole rings is 1. The van der Waals surface area contributed by atoms with Crippen molar-refractivity contribution in [2.45, 2.75) is 6.29 Å². The Morgan fingerprint density at radius 3 is 2.89 bits per heavy atom. The SMILES string of the molecule is COc1ccc(Nc2nn[nH]n2)cc1C1OCCO1. The Morgan fingerprint density at radius 1 is 1.37 bits per heavy atom. The standard InChI is InChI=1S/C11H13N5O3/c1-17-9-3-2-7(12-11-13-15-16-14-11)6-8(9)10-18-4-5-19-10/h2-3,6,10H,4-5H2,1H3,(H2,12,13,14,15,16). The molecule has 1 aromatic heterocycles. The lowest BCUT2D eigenvalue weighted by molar-refractivity contribution is -0.0454. The van der Waals surface area contributed by atoms with E-state index in [9.17, 15) is 0 Å². The first kappa shape index (κ1) is 11.9. The number of rotatable bonds is 4. The third-order valence-corrected chi connectivity index (χ3v) is 2.71. The highest BCUT2D eigenvalue weighted by Crippen LogP contribution is 2.33. The molecule has 0 radical (unpaired) electrons. The predicted molar refractivity (Wildman–Crippen MR) is 65.1 cm³/mol. The number of anilines is 2. The lowest BCUT2D eigenvalue weighted by Gasteiger charge is -2.15. The van der Waals surface area contributed by atoms with Gasteiger partial charge in [-0.05, 0) is 23.4 Å². The van der Waals surface area contributed by atoms with Crippen molar-refractivity contribution in [2.75, 3.05) is 25.6 Å². The summed E-state index contributed by atoms with van der Waals surface area (Å²) in [6.07, 6.45) is -0.401. The maximum absolute atomic E-state index is 5.49. The van der Waals surface area contributed by atoms with Gasteiger partial charge in [0.2, 0.25) is 0 Å². The number of nitrogens with zero attached hydrogens (tertiary/aromatic N) is 3. The van der Waals surface area contributed by atoms with E-state index in [1.807, 2.05) is 18.2 Å². The second-order valence-electron chi connectivity index (χ2n) is 3.89. The van der Waals surface area contributed by atoms with Crippen LogP contribution in [-0.4, -0.2) is 40.9 Å². The predicted octanol–water partition coefficient (Wildman–Crippen LogP) is 0.997. The fourth-order valence-electron chi connectivity index (χ4n) is 1.88. The Balaban J connectivity index is 1.87. The molecule has 19 heavy (non-hydrogen) atoms. The molecule has 0 spiro atoms. The summed E-state index contributed by atoms with van der Waals surface area (Å²) in [6.45, 7) is 1.16. The van der Waals surface area contributed by atoms with Gasteiger partial charge >= 0.3 is 0 Å². The van der Waals surface area contributed by atoms with Crippen molar-refractivity contribution in [3.05, 3.63) is 23.8 Å². The highest BCUT2D eigenvalue weighted by molar-refractivity contribution is 5.57. The van der Waals surface area contributed by atoms with Crippen molar-refractivity contribution >= 4 is 11.6 Å². The third-order valence-electron chi connectivity index (χ3n) is 2.71. The molecule has 3 rings (SSSR count). The van der Waals surface area contributed by atoms with E-state index in [2.05, 4.69) is 25.9 Å².